The Bertz CT molecular complexity index is 1050. The monoisotopic (exact) mass is 455 g/mol. The summed E-state index contributed by atoms with van der Waals surface area (Å²) in [6, 6.07) is 8.72. The van der Waals surface area contributed by atoms with Crippen LogP contribution in [-0.4, -0.2) is 39.5 Å². The van der Waals surface area contributed by atoms with Gasteiger partial charge in [-0.2, -0.15) is 0 Å². The van der Waals surface area contributed by atoms with Gasteiger partial charge in [0.25, 0.3) is 5.56 Å². The number of aryl methyl sites for hydroxylation is 1. The van der Waals surface area contributed by atoms with Crippen molar-refractivity contribution in [3.05, 3.63) is 56.2 Å². The number of nitrogens with one attached hydrogen (secondary N) is 1. The number of hydrogen-bond donors (Lipinski definition) is 2. The van der Waals surface area contributed by atoms with Gasteiger partial charge < -0.3 is 10.6 Å². The summed E-state index contributed by atoms with van der Waals surface area (Å²) in [6.07, 6.45) is 5.38. The first-order valence-electron chi connectivity index (χ1n) is 12.1. The molecule has 8 nitrogen and oxygen atoms in total. The molecule has 1 saturated carbocycles. The van der Waals surface area contributed by atoms with E-state index in [0.717, 1.165) is 44.1 Å². The summed E-state index contributed by atoms with van der Waals surface area (Å²) in [7, 11) is 0. The Morgan fingerprint density at radius 2 is 1.79 bits per heavy atom. The molecule has 1 fully saturated rings. The van der Waals surface area contributed by atoms with Crippen molar-refractivity contribution in [2.24, 2.45) is 0 Å². The number of rotatable bonds is 12. The summed E-state index contributed by atoms with van der Waals surface area (Å²) in [6.45, 7) is 7.78. The lowest BCUT2D eigenvalue weighted by molar-refractivity contribution is -0.120. The van der Waals surface area contributed by atoms with Gasteiger partial charge in [0.1, 0.15) is 5.82 Å². The molecule has 8 heteroatoms. The molecule has 1 aliphatic rings. The number of carbonyl (C=O) groups excluding carboxylic acids is 1. The van der Waals surface area contributed by atoms with E-state index in [1.165, 1.54) is 15.0 Å². The predicted molar refractivity (Wildman–Crippen MR) is 133 cm³/mol. The van der Waals surface area contributed by atoms with Gasteiger partial charge in [-0.15, -0.1) is 0 Å². The Labute approximate surface area is 195 Å². The van der Waals surface area contributed by atoms with E-state index < -0.39 is 11.2 Å². The first kappa shape index (κ1) is 24.8. The summed E-state index contributed by atoms with van der Waals surface area (Å²) in [4.78, 5) is 44.7. The average Bonchev–Trinajstić information content (AvgIpc) is 3.62. The predicted octanol–water partition coefficient (Wildman–Crippen LogP) is 3.03. The number of carbonyl (C=O) groups is 1. The molecular formula is C25H37N5O3. The van der Waals surface area contributed by atoms with Crippen molar-refractivity contribution in [3.8, 4) is 0 Å². The Hall–Kier alpha value is -2.87. The van der Waals surface area contributed by atoms with E-state index >= 15 is 0 Å². The summed E-state index contributed by atoms with van der Waals surface area (Å²) in [5, 5.41) is 0. The van der Waals surface area contributed by atoms with Crippen LogP contribution in [0.2, 0.25) is 0 Å². The fourth-order valence-electron chi connectivity index (χ4n) is 3.99. The smallest absolute Gasteiger partial charge is 0.330 e. The Morgan fingerprint density at radius 3 is 2.39 bits per heavy atom. The van der Waals surface area contributed by atoms with Crippen LogP contribution in [-0.2, 0) is 17.9 Å². The van der Waals surface area contributed by atoms with Gasteiger partial charge >= 0.3 is 5.69 Å². The van der Waals surface area contributed by atoms with Crippen molar-refractivity contribution in [2.45, 2.75) is 78.4 Å². The SMILES string of the molecule is CCCCN(C(=O)CN(Cc1ccc(C)cc1)C1CC1)c1c(N)n(CCCC)c(=O)[nH]c1=O. The quantitative estimate of drug-likeness (QED) is 0.512. The van der Waals surface area contributed by atoms with E-state index in [4.69, 9.17) is 5.73 Å². The van der Waals surface area contributed by atoms with Crippen LogP contribution in [0.3, 0.4) is 0 Å². The molecule has 0 spiro atoms. The third-order valence-electron chi connectivity index (χ3n) is 6.16. The van der Waals surface area contributed by atoms with Gasteiger partial charge in [-0.05, 0) is 38.2 Å². The van der Waals surface area contributed by atoms with Crippen molar-refractivity contribution < 1.29 is 4.79 Å². The van der Waals surface area contributed by atoms with Crippen LogP contribution in [0.4, 0.5) is 11.5 Å². The number of nitrogen functional groups attached to an aromatic ring is 1. The molecular weight excluding hydrogens is 418 g/mol. The van der Waals surface area contributed by atoms with Crippen LogP contribution in [0, 0.1) is 6.92 Å². The third-order valence-corrected chi connectivity index (χ3v) is 6.16. The second-order valence-corrected chi connectivity index (χ2v) is 9.02. The van der Waals surface area contributed by atoms with Crippen molar-refractivity contribution in [2.75, 3.05) is 23.7 Å². The maximum Gasteiger partial charge on any atom is 0.330 e. The highest BCUT2D eigenvalue weighted by Gasteiger charge is 2.33. The zero-order chi connectivity index (χ0) is 24.0. The number of anilines is 2. The van der Waals surface area contributed by atoms with Gasteiger partial charge in [-0.25, -0.2) is 4.79 Å². The lowest BCUT2D eigenvalue weighted by Crippen LogP contribution is -2.46. The maximum absolute atomic E-state index is 13.5. The molecule has 1 amide bonds. The van der Waals surface area contributed by atoms with E-state index in [9.17, 15) is 14.4 Å². The molecule has 1 aromatic heterocycles. The van der Waals surface area contributed by atoms with Crippen molar-refractivity contribution >= 4 is 17.4 Å². The molecule has 0 aliphatic heterocycles. The fraction of sp³-hybridized carbons (Fsp3) is 0.560. The number of amides is 1. The lowest BCUT2D eigenvalue weighted by Gasteiger charge is -2.28. The highest BCUT2D eigenvalue weighted by molar-refractivity contribution is 5.96. The number of nitrogens with two attached hydrogens (primary N) is 1. The highest BCUT2D eigenvalue weighted by atomic mass is 16.2. The molecule has 0 unspecified atom stereocenters. The summed E-state index contributed by atoms with van der Waals surface area (Å²) in [5.74, 6) is -0.0986. The van der Waals surface area contributed by atoms with Gasteiger partial charge in [0.15, 0.2) is 5.69 Å². The summed E-state index contributed by atoms with van der Waals surface area (Å²) in [5.41, 5.74) is 7.63. The van der Waals surface area contributed by atoms with E-state index in [1.54, 1.807) is 0 Å². The van der Waals surface area contributed by atoms with Crippen LogP contribution in [0.5, 0.6) is 0 Å². The molecule has 0 atom stereocenters. The molecule has 33 heavy (non-hydrogen) atoms. The van der Waals surface area contributed by atoms with Crippen LogP contribution in [0.1, 0.15) is 63.5 Å². The van der Waals surface area contributed by atoms with E-state index in [2.05, 4.69) is 41.1 Å². The fourth-order valence-corrected chi connectivity index (χ4v) is 3.99. The first-order chi connectivity index (χ1) is 15.8. The minimum Gasteiger partial charge on any atom is -0.383 e. The normalized spacial score (nSPS) is 13.5. The second-order valence-electron chi connectivity index (χ2n) is 9.02. The van der Waals surface area contributed by atoms with Gasteiger partial charge in [-0.3, -0.25) is 24.0 Å². The molecule has 1 aromatic carbocycles. The van der Waals surface area contributed by atoms with Crippen molar-refractivity contribution in [3.63, 3.8) is 0 Å². The first-order valence-corrected chi connectivity index (χ1v) is 12.1. The van der Waals surface area contributed by atoms with E-state index in [-0.39, 0.29) is 24.0 Å². The molecule has 1 heterocycles. The molecule has 3 rings (SSSR count). The average molecular weight is 456 g/mol. The summed E-state index contributed by atoms with van der Waals surface area (Å²) >= 11 is 0. The second kappa shape index (κ2) is 11.3. The topological polar surface area (TPSA) is 104 Å². The zero-order valence-corrected chi connectivity index (χ0v) is 20.1. The van der Waals surface area contributed by atoms with Crippen LogP contribution in [0.25, 0.3) is 0 Å². The molecule has 3 N–H and O–H groups in total. The molecule has 0 saturated heterocycles. The number of nitrogens with zero attached hydrogens (tertiary/aromatic N) is 3. The van der Waals surface area contributed by atoms with Crippen molar-refractivity contribution in [1.82, 2.24) is 14.5 Å². The van der Waals surface area contributed by atoms with Crippen molar-refractivity contribution in [1.29, 1.82) is 0 Å². The molecule has 180 valence electrons. The molecule has 1 aliphatic carbocycles. The summed E-state index contributed by atoms with van der Waals surface area (Å²) < 4.78 is 1.37. The number of aromatic amines is 1. The standard InChI is InChI=1S/C25H37N5O3/c1-4-6-14-29(22-23(26)30(15-7-5-2)25(33)27-24(22)32)21(31)17-28(20-12-13-20)16-19-10-8-18(3)9-11-19/h8-11,20H,4-7,12-17,26H2,1-3H3,(H,27,32,33). The van der Waals surface area contributed by atoms with E-state index in [0.29, 0.717) is 25.7 Å². The maximum atomic E-state index is 13.5. The van der Waals surface area contributed by atoms with Gasteiger partial charge in [0, 0.05) is 25.7 Å². The van der Waals surface area contributed by atoms with Gasteiger partial charge in [-0.1, -0.05) is 56.5 Å². The number of H-pyrrole nitrogens is 1. The minimum absolute atomic E-state index is 0.0677. The molecule has 2 aromatic rings. The van der Waals surface area contributed by atoms with Crippen LogP contribution < -0.4 is 21.9 Å². The number of aromatic nitrogens is 2. The van der Waals surface area contributed by atoms with Gasteiger partial charge in [0.05, 0.1) is 6.54 Å². The molecule has 0 bridgehead atoms. The minimum atomic E-state index is -0.605. The number of benzene rings is 1. The third kappa shape index (κ3) is 6.35. The van der Waals surface area contributed by atoms with Crippen LogP contribution in [0.15, 0.2) is 33.9 Å². The highest BCUT2D eigenvalue weighted by Crippen LogP contribution is 2.29. The number of unbranched alkanes of at least 4 members (excludes halogenated alkanes) is 2. The largest absolute Gasteiger partial charge is 0.383 e. The Morgan fingerprint density at radius 1 is 1.12 bits per heavy atom. The van der Waals surface area contributed by atoms with E-state index in [1.807, 2.05) is 13.8 Å². The Kier molecular flexibility index (Phi) is 8.49. The number of hydrogen-bond acceptors (Lipinski definition) is 5. The molecule has 0 radical (unpaired) electrons. The lowest BCUT2D eigenvalue weighted by atomic mass is 10.1. The Balaban J connectivity index is 1.88. The van der Waals surface area contributed by atoms with Gasteiger partial charge in [0.2, 0.25) is 5.91 Å². The van der Waals surface area contributed by atoms with Crippen LogP contribution >= 0.6 is 0 Å². The zero-order valence-electron chi connectivity index (χ0n) is 20.1.